The van der Waals surface area contributed by atoms with Gasteiger partial charge in [-0.1, -0.05) is 0 Å². The molecule has 0 aromatic rings. The fourth-order valence-corrected chi connectivity index (χ4v) is 1.79. The summed E-state index contributed by atoms with van der Waals surface area (Å²) in [6.45, 7) is 1.04. The van der Waals surface area contributed by atoms with Crippen molar-refractivity contribution < 1.29 is 32.1 Å². The number of nitrogens with one attached hydrogen (secondary N) is 1. The van der Waals surface area contributed by atoms with E-state index in [9.17, 15) is 5.11 Å². The molecule has 71 valence electrons. The number of rotatable bonds is 0. The minimum atomic E-state index is -4.21. The molecular weight excluding hydrogens is 336 g/mol. The summed E-state index contributed by atoms with van der Waals surface area (Å²) in [5, 5.41) is 12.5. The van der Waals surface area contributed by atoms with Gasteiger partial charge in [0.25, 0.3) is 0 Å². The number of fused-ring (bicyclic) bond motifs is 2. The van der Waals surface area contributed by atoms with Crippen molar-refractivity contribution >= 4 is 0 Å². The van der Waals surface area contributed by atoms with E-state index >= 15 is 0 Å². The molecule has 2 N–H and O–H groups in total. The Bertz CT molecular complexity index is 243. The van der Waals surface area contributed by atoms with E-state index in [1.165, 1.54) is 6.42 Å². The average molecular weight is 347 g/mol. The molecule has 6 heteroatoms. The Morgan fingerprint density at radius 1 is 1.42 bits per heavy atom. The zero-order valence-electron chi connectivity index (χ0n) is 6.46. The van der Waals surface area contributed by atoms with Gasteiger partial charge in [0.1, 0.15) is 5.72 Å². The summed E-state index contributed by atoms with van der Waals surface area (Å²) in [7, 11) is 0. The predicted octanol–water partition coefficient (Wildman–Crippen LogP) is -0.281. The predicted molar refractivity (Wildman–Crippen MR) is 32.4 cm³/mol. The van der Waals surface area contributed by atoms with Crippen LogP contribution in [-0.2, 0) is 27.0 Å². The maximum absolute atomic E-state index is 9.43. The van der Waals surface area contributed by atoms with E-state index < -0.39 is 22.4 Å². The molecule has 1 saturated carbocycles. The zero-order chi connectivity index (χ0) is 9.19. The third-order valence-corrected chi connectivity index (χ3v) is 2.31. The van der Waals surface area contributed by atoms with E-state index in [1.807, 2.05) is 0 Å². The van der Waals surface area contributed by atoms with Crippen LogP contribution in [0.4, 0.5) is 0 Å². The van der Waals surface area contributed by atoms with Crippen molar-refractivity contribution in [1.82, 2.24) is 5.32 Å². The van der Waals surface area contributed by atoms with Crippen LogP contribution >= 0.6 is 0 Å². The molecule has 2 atom stereocenters. The molecule has 2 fully saturated rings. The van der Waals surface area contributed by atoms with Crippen LogP contribution in [0.3, 0.4) is 0 Å². The van der Waals surface area contributed by atoms with E-state index in [0.717, 1.165) is 25.3 Å². The first-order valence-electron chi connectivity index (χ1n) is 3.72. The third-order valence-electron chi connectivity index (χ3n) is 2.31. The zero-order valence-corrected chi connectivity index (χ0v) is 9.17. The first kappa shape index (κ1) is 10.1. The molecule has 0 aromatic carbocycles. The van der Waals surface area contributed by atoms with Gasteiger partial charge < -0.3 is 5.11 Å². The number of hydrogen-bond donors (Lipinski definition) is 2. The standard InChI is InChI=1S/C6H11NO.3O.Re/c8-6-2-1-5(3-6)4-7-6;;;;/h5,7-8H,1-4H2;;;;. The first-order chi connectivity index (χ1) is 5.52. The van der Waals surface area contributed by atoms with Gasteiger partial charge in [0.2, 0.25) is 0 Å². The molecule has 1 aliphatic heterocycles. The van der Waals surface area contributed by atoms with Crippen molar-refractivity contribution in [2.24, 2.45) is 5.92 Å². The van der Waals surface area contributed by atoms with Gasteiger partial charge in [-0.2, -0.15) is 0 Å². The molecule has 1 aliphatic carbocycles. The number of piperidine rings is 1. The van der Waals surface area contributed by atoms with Crippen LogP contribution in [0.2, 0.25) is 0 Å². The Hall–Kier alpha value is -0.0177. The topological polar surface area (TPSA) is 83.5 Å². The number of hydrogen-bond acceptors (Lipinski definition) is 5. The van der Waals surface area contributed by atoms with E-state index in [4.69, 9.17) is 10.4 Å². The quantitative estimate of drug-likeness (QED) is 0.630. The second-order valence-corrected chi connectivity index (χ2v) is 4.57. The molecule has 1 saturated heterocycles. The fourth-order valence-electron chi connectivity index (χ4n) is 1.79. The van der Waals surface area contributed by atoms with E-state index in [0.29, 0.717) is 0 Å². The van der Waals surface area contributed by atoms with Crippen molar-refractivity contribution in [3.05, 3.63) is 0 Å². The summed E-state index contributed by atoms with van der Waals surface area (Å²) in [5.41, 5.74) is -0.440. The Labute approximate surface area is 75.3 Å². The normalized spacial score (nSPS) is 37.2. The Morgan fingerprint density at radius 3 is 2.08 bits per heavy atom. The van der Waals surface area contributed by atoms with Crippen LogP contribution in [0.25, 0.3) is 0 Å². The molecule has 0 spiro atoms. The van der Waals surface area contributed by atoms with Crippen LogP contribution in [0.1, 0.15) is 19.3 Å². The van der Waals surface area contributed by atoms with Gasteiger partial charge >= 0.3 is 27.0 Å². The van der Waals surface area contributed by atoms with Crippen LogP contribution < -0.4 is 5.32 Å². The van der Waals surface area contributed by atoms with E-state index in [-0.39, 0.29) is 0 Å². The Morgan fingerprint density at radius 2 is 2.00 bits per heavy atom. The second kappa shape index (κ2) is 3.79. The molecule has 5 nitrogen and oxygen atoms in total. The summed E-state index contributed by atoms with van der Waals surface area (Å²) >= 11 is -4.21. The van der Waals surface area contributed by atoms with Crippen molar-refractivity contribution in [1.29, 1.82) is 0 Å². The van der Waals surface area contributed by atoms with E-state index in [2.05, 4.69) is 5.32 Å². The van der Waals surface area contributed by atoms with Crippen molar-refractivity contribution in [2.45, 2.75) is 25.0 Å². The minimum absolute atomic E-state index is 0.440. The number of aliphatic hydroxyl groups is 1. The second-order valence-electron chi connectivity index (χ2n) is 3.21. The van der Waals surface area contributed by atoms with Crippen molar-refractivity contribution in [2.75, 3.05) is 6.54 Å². The Balaban J connectivity index is 0.000000157. The average Bonchev–Trinajstić information content (AvgIpc) is 2.43. The molecule has 2 unspecified atom stereocenters. The monoisotopic (exact) mass is 348 g/mol. The molecule has 0 aromatic heterocycles. The van der Waals surface area contributed by atoms with Gasteiger partial charge in [-0.15, -0.1) is 0 Å². The molecule has 0 amide bonds. The molecule has 12 heavy (non-hydrogen) atoms. The van der Waals surface area contributed by atoms with Gasteiger partial charge in [-0.25, -0.2) is 0 Å². The van der Waals surface area contributed by atoms with E-state index in [1.54, 1.807) is 0 Å². The SMILES string of the molecule is OC12CCC(CN1)C2.[O]=[Re](=[O])=[O]. The molecule has 1 heterocycles. The molecule has 2 aliphatic rings. The summed E-state index contributed by atoms with van der Waals surface area (Å²) in [6.07, 6.45) is 3.19. The molecule has 2 bridgehead atoms. The van der Waals surface area contributed by atoms with Crippen molar-refractivity contribution in [3.8, 4) is 0 Å². The van der Waals surface area contributed by atoms with Gasteiger partial charge in [0.05, 0.1) is 0 Å². The summed E-state index contributed by atoms with van der Waals surface area (Å²) in [6, 6.07) is 0. The van der Waals surface area contributed by atoms with Crippen molar-refractivity contribution in [3.63, 3.8) is 0 Å². The third kappa shape index (κ3) is 2.79. The molecule has 2 rings (SSSR count). The van der Waals surface area contributed by atoms with Gasteiger partial charge in [0.15, 0.2) is 0 Å². The van der Waals surface area contributed by atoms with Crippen LogP contribution in [0, 0.1) is 5.92 Å². The first-order valence-corrected chi connectivity index (χ1v) is 7.05. The van der Waals surface area contributed by atoms with Crippen LogP contribution in [0.15, 0.2) is 0 Å². The van der Waals surface area contributed by atoms with Crippen LogP contribution in [-0.4, -0.2) is 17.4 Å². The summed E-state index contributed by atoms with van der Waals surface area (Å²) in [4.78, 5) is 0. The maximum atomic E-state index is 9.43. The summed E-state index contributed by atoms with van der Waals surface area (Å²) in [5.74, 6) is 0.778. The fraction of sp³-hybridized carbons (Fsp3) is 1.00. The van der Waals surface area contributed by atoms with Gasteiger partial charge in [-0.05, 0) is 25.2 Å². The molecular formula is C6H11NO4Re. The van der Waals surface area contributed by atoms with Gasteiger partial charge in [-0.3, -0.25) is 5.32 Å². The summed E-state index contributed by atoms with van der Waals surface area (Å²) < 4.78 is 25.8. The molecule has 0 radical (unpaired) electrons. The van der Waals surface area contributed by atoms with Crippen LogP contribution in [0.5, 0.6) is 0 Å². The Kier molecular flexibility index (Phi) is 3.18. The van der Waals surface area contributed by atoms with Gasteiger partial charge in [0, 0.05) is 6.54 Å².